The van der Waals surface area contributed by atoms with Gasteiger partial charge in [-0.1, -0.05) is 0 Å². The highest BCUT2D eigenvalue weighted by atomic mass is 19.3. The molecule has 58 valence electrons. The van der Waals surface area contributed by atoms with E-state index < -0.39 is 12.4 Å². The molecule has 0 aromatic heterocycles. The molecule has 0 aromatic rings. The first-order valence-electron chi connectivity index (χ1n) is 2.80. The second kappa shape index (κ2) is 4.90. The van der Waals surface area contributed by atoms with Crippen LogP contribution in [0, 0.1) is 0 Å². The van der Waals surface area contributed by atoms with Crippen LogP contribution in [0.3, 0.4) is 0 Å². The summed E-state index contributed by atoms with van der Waals surface area (Å²) < 4.78 is 27.0. The van der Waals surface area contributed by atoms with E-state index in [-0.39, 0.29) is 6.61 Å². The van der Waals surface area contributed by atoms with E-state index in [0.717, 1.165) is 0 Å². The van der Waals surface area contributed by atoms with Gasteiger partial charge in [0.1, 0.15) is 0 Å². The molecular formula is C6H8F2O2. The second-order valence-corrected chi connectivity index (χ2v) is 1.45. The van der Waals surface area contributed by atoms with Gasteiger partial charge in [0, 0.05) is 6.08 Å². The number of ether oxygens (including phenoxy) is 1. The minimum Gasteiger partial charge on any atom is -0.463 e. The van der Waals surface area contributed by atoms with E-state index in [1.54, 1.807) is 6.92 Å². The van der Waals surface area contributed by atoms with E-state index >= 15 is 0 Å². The Bertz CT molecular complexity index is 132. The van der Waals surface area contributed by atoms with Crippen molar-refractivity contribution in [3.63, 3.8) is 0 Å². The molecule has 0 aliphatic heterocycles. The molecule has 4 heteroatoms. The van der Waals surface area contributed by atoms with Crippen molar-refractivity contribution in [2.24, 2.45) is 0 Å². The number of hydrogen-bond donors (Lipinski definition) is 0. The lowest BCUT2D eigenvalue weighted by atomic mass is 10.5. The third-order valence-electron chi connectivity index (χ3n) is 0.664. The Morgan fingerprint density at radius 2 is 2.30 bits per heavy atom. The van der Waals surface area contributed by atoms with E-state index in [0.29, 0.717) is 12.2 Å². The van der Waals surface area contributed by atoms with Gasteiger partial charge in [0.05, 0.1) is 6.61 Å². The summed E-state index contributed by atoms with van der Waals surface area (Å²) >= 11 is 0. The number of alkyl halides is 2. The zero-order valence-electron chi connectivity index (χ0n) is 5.51. The van der Waals surface area contributed by atoms with Crippen LogP contribution in [-0.4, -0.2) is 19.0 Å². The molecule has 0 heterocycles. The summed E-state index contributed by atoms with van der Waals surface area (Å²) in [4.78, 5) is 10.3. The Kier molecular flexibility index (Phi) is 4.45. The summed E-state index contributed by atoms with van der Waals surface area (Å²) in [6, 6.07) is 0. The first-order valence-corrected chi connectivity index (χ1v) is 2.80. The fraction of sp³-hybridized carbons (Fsp3) is 0.500. The Balaban J connectivity index is 3.56. The molecular weight excluding hydrogens is 142 g/mol. The van der Waals surface area contributed by atoms with Crippen LogP contribution in [-0.2, 0) is 9.53 Å². The van der Waals surface area contributed by atoms with Crippen LogP contribution in [0.1, 0.15) is 6.92 Å². The highest BCUT2D eigenvalue weighted by Gasteiger charge is 1.97. The number of allylic oxidation sites excluding steroid dienone is 1. The molecule has 0 N–H and O–H groups in total. The van der Waals surface area contributed by atoms with E-state index in [1.165, 1.54) is 0 Å². The minimum atomic E-state index is -2.59. The molecule has 0 rings (SSSR count). The van der Waals surface area contributed by atoms with Gasteiger partial charge in [-0.05, 0) is 13.0 Å². The third kappa shape index (κ3) is 5.21. The van der Waals surface area contributed by atoms with Gasteiger partial charge < -0.3 is 4.74 Å². The Morgan fingerprint density at radius 3 is 2.70 bits per heavy atom. The molecule has 0 bridgehead atoms. The van der Waals surface area contributed by atoms with Crippen molar-refractivity contribution in [1.29, 1.82) is 0 Å². The topological polar surface area (TPSA) is 26.3 Å². The summed E-state index contributed by atoms with van der Waals surface area (Å²) in [5.41, 5.74) is 0. The van der Waals surface area contributed by atoms with Gasteiger partial charge in [-0.15, -0.1) is 0 Å². The maximum absolute atomic E-state index is 11.3. The first-order chi connectivity index (χ1) is 4.66. The molecule has 0 aromatic carbocycles. The number of carbonyl (C=O) groups is 1. The summed E-state index contributed by atoms with van der Waals surface area (Å²) in [7, 11) is 0. The third-order valence-corrected chi connectivity index (χ3v) is 0.664. The first kappa shape index (κ1) is 9.07. The van der Waals surface area contributed by atoms with Crippen molar-refractivity contribution in [1.82, 2.24) is 0 Å². The minimum absolute atomic E-state index is 0.201. The second-order valence-electron chi connectivity index (χ2n) is 1.45. The Labute approximate surface area is 57.5 Å². The fourth-order valence-electron chi connectivity index (χ4n) is 0.342. The lowest BCUT2D eigenvalue weighted by Gasteiger charge is -1.93. The van der Waals surface area contributed by atoms with Crippen molar-refractivity contribution in [2.75, 3.05) is 6.61 Å². The van der Waals surface area contributed by atoms with E-state index in [2.05, 4.69) is 4.74 Å². The van der Waals surface area contributed by atoms with E-state index in [9.17, 15) is 13.6 Å². The van der Waals surface area contributed by atoms with Gasteiger partial charge in [-0.2, -0.15) is 0 Å². The van der Waals surface area contributed by atoms with Crippen LogP contribution in [0.25, 0.3) is 0 Å². The molecule has 0 saturated carbocycles. The lowest BCUT2D eigenvalue weighted by Crippen LogP contribution is -1.99. The summed E-state index contributed by atoms with van der Waals surface area (Å²) in [6.07, 6.45) is -1.39. The van der Waals surface area contributed by atoms with E-state index in [1.807, 2.05) is 0 Å². The van der Waals surface area contributed by atoms with Gasteiger partial charge in [-0.25, -0.2) is 13.6 Å². The average Bonchev–Trinajstić information content (AvgIpc) is 1.85. The molecule has 0 unspecified atom stereocenters. The Hall–Kier alpha value is -0.930. The van der Waals surface area contributed by atoms with Crippen LogP contribution >= 0.6 is 0 Å². The predicted octanol–water partition coefficient (Wildman–Crippen LogP) is 1.37. The number of halogens is 2. The molecule has 10 heavy (non-hydrogen) atoms. The largest absolute Gasteiger partial charge is 0.463 e. The lowest BCUT2D eigenvalue weighted by molar-refractivity contribution is -0.137. The number of esters is 1. The number of hydrogen-bond acceptors (Lipinski definition) is 2. The van der Waals surface area contributed by atoms with Crippen molar-refractivity contribution in [2.45, 2.75) is 13.3 Å². The van der Waals surface area contributed by atoms with Gasteiger partial charge in [0.25, 0.3) is 6.43 Å². The zero-order valence-corrected chi connectivity index (χ0v) is 5.51. The van der Waals surface area contributed by atoms with Gasteiger partial charge in [-0.3, -0.25) is 0 Å². The number of rotatable bonds is 3. The SMILES string of the molecule is CCOC(=O)/C=C/C(F)F. The van der Waals surface area contributed by atoms with Crippen LogP contribution < -0.4 is 0 Å². The van der Waals surface area contributed by atoms with Crippen LogP contribution in [0.5, 0.6) is 0 Å². The summed E-state index contributed by atoms with van der Waals surface area (Å²) in [5, 5.41) is 0. The van der Waals surface area contributed by atoms with Gasteiger partial charge >= 0.3 is 5.97 Å². The van der Waals surface area contributed by atoms with Crippen molar-refractivity contribution >= 4 is 5.97 Å². The molecule has 0 radical (unpaired) electrons. The average molecular weight is 150 g/mol. The smallest absolute Gasteiger partial charge is 0.330 e. The monoisotopic (exact) mass is 150 g/mol. The van der Waals surface area contributed by atoms with Crippen molar-refractivity contribution in [3.8, 4) is 0 Å². The molecule has 0 amide bonds. The normalized spacial score (nSPS) is 10.8. The highest BCUT2D eigenvalue weighted by Crippen LogP contribution is 1.93. The van der Waals surface area contributed by atoms with Gasteiger partial charge in [0.2, 0.25) is 0 Å². The molecule has 0 aliphatic carbocycles. The zero-order chi connectivity index (χ0) is 7.98. The summed E-state index contributed by atoms with van der Waals surface area (Å²) in [6.45, 7) is 1.81. The van der Waals surface area contributed by atoms with Gasteiger partial charge in [0.15, 0.2) is 0 Å². The molecule has 0 spiro atoms. The Morgan fingerprint density at radius 1 is 1.70 bits per heavy atom. The molecule has 0 saturated heterocycles. The van der Waals surface area contributed by atoms with Crippen LogP contribution in [0.15, 0.2) is 12.2 Å². The molecule has 0 atom stereocenters. The van der Waals surface area contributed by atoms with Crippen LogP contribution in [0.2, 0.25) is 0 Å². The summed E-state index contributed by atoms with van der Waals surface area (Å²) in [5.74, 6) is -0.734. The van der Waals surface area contributed by atoms with Crippen molar-refractivity contribution < 1.29 is 18.3 Å². The maximum Gasteiger partial charge on any atom is 0.330 e. The van der Waals surface area contributed by atoms with Crippen molar-refractivity contribution in [3.05, 3.63) is 12.2 Å². The van der Waals surface area contributed by atoms with Crippen LogP contribution in [0.4, 0.5) is 8.78 Å². The predicted molar refractivity (Wildman–Crippen MR) is 31.8 cm³/mol. The number of carbonyl (C=O) groups excluding carboxylic acids is 1. The molecule has 0 aliphatic rings. The maximum atomic E-state index is 11.3. The highest BCUT2D eigenvalue weighted by molar-refractivity contribution is 5.81. The quantitative estimate of drug-likeness (QED) is 0.448. The molecule has 0 fully saturated rings. The standard InChI is InChI=1S/C6H8F2O2/c1-2-10-6(9)4-3-5(7)8/h3-5H,2H2,1H3/b4-3+. The molecule has 2 nitrogen and oxygen atoms in total. The fourth-order valence-corrected chi connectivity index (χ4v) is 0.342. The van der Waals surface area contributed by atoms with E-state index in [4.69, 9.17) is 0 Å².